The van der Waals surface area contributed by atoms with Gasteiger partial charge in [-0.2, -0.15) is 0 Å². The molecule has 7 heteroatoms. The van der Waals surface area contributed by atoms with Crippen molar-refractivity contribution in [3.63, 3.8) is 0 Å². The first-order chi connectivity index (χ1) is 9.44. The zero-order valence-corrected chi connectivity index (χ0v) is 12.3. The van der Waals surface area contributed by atoms with E-state index < -0.39 is 10.0 Å². The van der Waals surface area contributed by atoms with Gasteiger partial charge in [-0.15, -0.1) is 0 Å². The molecular formula is C13H14ClNO4S. The summed E-state index contributed by atoms with van der Waals surface area (Å²) in [6.45, 7) is 1.49. The van der Waals surface area contributed by atoms with Crippen molar-refractivity contribution in [2.24, 2.45) is 0 Å². The monoisotopic (exact) mass is 315 g/mol. The van der Waals surface area contributed by atoms with Crippen LogP contribution in [0, 0.1) is 6.92 Å². The van der Waals surface area contributed by atoms with Crippen LogP contribution in [0.4, 0.5) is 0 Å². The number of nitrogens with one attached hydrogen (secondary N) is 1. The number of hydrogen-bond donors (Lipinski definition) is 2. The van der Waals surface area contributed by atoms with Crippen molar-refractivity contribution in [3.05, 3.63) is 52.4 Å². The first-order valence-electron chi connectivity index (χ1n) is 5.84. The standard InChI is InChI=1S/C13H14ClNO4S/c1-9-11(7-16)4-12(14)5-13(9)20(17,18)15-6-10-2-3-19-8-10/h2-5,8,15-16H,6-7H2,1H3. The van der Waals surface area contributed by atoms with Crippen LogP contribution in [-0.2, 0) is 23.2 Å². The topological polar surface area (TPSA) is 79.5 Å². The lowest BCUT2D eigenvalue weighted by molar-refractivity contribution is 0.280. The number of furan rings is 1. The lowest BCUT2D eigenvalue weighted by Crippen LogP contribution is -2.24. The van der Waals surface area contributed by atoms with Gasteiger partial charge in [0.05, 0.1) is 24.0 Å². The first kappa shape index (κ1) is 15.1. The number of aliphatic hydroxyl groups excluding tert-OH is 1. The molecule has 1 aromatic carbocycles. The highest BCUT2D eigenvalue weighted by molar-refractivity contribution is 7.89. The second-order valence-electron chi connectivity index (χ2n) is 4.30. The molecule has 0 saturated heterocycles. The molecular weight excluding hydrogens is 302 g/mol. The quantitative estimate of drug-likeness (QED) is 0.886. The molecule has 0 saturated carbocycles. The van der Waals surface area contributed by atoms with E-state index in [1.165, 1.54) is 18.6 Å². The van der Waals surface area contributed by atoms with E-state index in [4.69, 9.17) is 16.0 Å². The number of rotatable bonds is 5. The minimum absolute atomic E-state index is 0.0672. The summed E-state index contributed by atoms with van der Waals surface area (Å²) in [6.07, 6.45) is 2.94. The molecule has 0 aliphatic heterocycles. The summed E-state index contributed by atoms with van der Waals surface area (Å²) in [5.41, 5.74) is 1.69. The molecule has 0 radical (unpaired) electrons. The normalized spacial score (nSPS) is 11.8. The van der Waals surface area contributed by atoms with Crippen LogP contribution in [0.1, 0.15) is 16.7 Å². The number of sulfonamides is 1. The fraction of sp³-hybridized carbons (Fsp3) is 0.231. The highest BCUT2D eigenvalue weighted by Crippen LogP contribution is 2.24. The lowest BCUT2D eigenvalue weighted by Gasteiger charge is -2.12. The molecule has 0 fully saturated rings. The predicted octanol–water partition coefficient (Wildman–Crippen LogP) is 2.21. The molecule has 0 aliphatic carbocycles. The molecule has 2 rings (SSSR count). The van der Waals surface area contributed by atoms with Gasteiger partial charge in [-0.05, 0) is 36.2 Å². The fourth-order valence-corrected chi connectivity index (χ4v) is 3.43. The molecule has 0 bridgehead atoms. The molecule has 0 atom stereocenters. The summed E-state index contributed by atoms with van der Waals surface area (Å²) in [4.78, 5) is 0.0672. The van der Waals surface area contributed by atoms with Crippen LogP contribution in [0.2, 0.25) is 5.02 Å². The molecule has 5 nitrogen and oxygen atoms in total. The van der Waals surface area contributed by atoms with E-state index in [1.807, 2.05) is 0 Å². The molecule has 1 heterocycles. The minimum atomic E-state index is -3.71. The molecule has 0 spiro atoms. The molecule has 0 unspecified atom stereocenters. The SMILES string of the molecule is Cc1c(CO)cc(Cl)cc1S(=O)(=O)NCc1ccoc1. The van der Waals surface area contributed by atoms with E-state index in [9.17, 15) is 13.5 Å². The largest absolute Gasteiger partial charge is 0.472 e. The second kappa shape index (κ2) is 5.97. The smallest absolute Gasteiger partial charge is 0.241 e. The Balaban J connectivity index is 2.31. The van der Waals surface area contributed by atoms with Crippen LogP contribution in [0.3, 0.4) is 0 Å². The van der Waals surface area contributed by atoms with E-state index in [-0.39, 0.29) is 23.1 Å². The van der Waals surface area contributed by atoms with Gasteiger partial charge in [0, 0.05) is 17.1 Å². The summed E-state index contributed by atoms with van der Waals surface area (Å²) in [6, 6.07) is 4.59. The van der Waals surface area contributed by atoms with Crippen molar-refractivity contribution in [1.29, 1.82) is 0 Å². The predicted molar refractivity (Wildman–Crippen MR) is 74.8 cm³/mol. The maximum atomic E-state index is 12.3. The van der Waals surface area contributed by atoms with Crippen molar-refractivity contribution in [3.8, 4) is 0 Å². The van der Waals surface area contributed by atoms with E-state index in [0.29, 0.717) is 11.1 Å². The second-order valence-corrected chi connectivity index (χ2v) is 6.47. The van der Waals surface area contributed by atoms with Crippen LogP contribution in [0.5, 0.6) is 0 Å². The molecule has 2 aromatic rings. The van der Waals surface area contributed by atoms with Gasteiger partial charge in [-0.3, -0.25) is 0 Å². The lowest BCUT2D eigenvalue weighted by atomic mass is 10.1. The zero-order chi connectivity index (χ0) is 14.8. The molecule has 108 valence electrons. The van der Waals surface area contributed by atoms with Gasteiger partial charge in [-0.25, -0.2) is 13.1 Å². The zero-order valence-electron chi connectivity index (χ0n) is 10.8. The molecule has 1 aromatic heterocycles. The van der Waals surface area contributed by atoms with Crippen molar-refractivity contribution in [1.82, 2.24) is 4.72 Å². The maximum absolute atomic E-state index is 12.3. The summed E-state index contributed by atoms with van der Waals surface area (Å²) >= 11 is 5.89. The number of halogens is 1. The minimum Gasteiger partial charge on any atom is -0.472 e. The number of aliphatic hydroxyl groups is 1. The number of hydrogen-bond acceptors (Lipinski definition) is 4. The molecule has 0 aliphatic rings. The van der Waals surface area contributed by atoms with Gasteiger partial charge in [0.1, 0.15) is 0 Å². The Morgan fingerprint density at radius 2 is 2.15 bits per heavy atom. The maximum Gasteiger partial charge on any atom is 0.241 e. The van der Waals surface area contributed by atoms with Crippen molar-refractivity contribution in [2.75, 3.05) is 0 Å². The first-order valence-corrected chi connectivity index (χ1v) is 7.71. The van der Waals surface area contributed by atoms with E-state index in [2.05, 4.69) is 4.72 Å². The summed E-state index contributed by atoms with van der Waals surface area (Å²) in [7, 11) is -3.71. The third-order valence-electron chi connectivity index (χ3n) is 2.94. The van der Waals surface area contributed by atoms with E-state index in [0.717, 1.165) is 5.56 Å². The third kappa shape index (κ3) is 3.21. The Kier molecular flexibility index (Phi) is 4.49. The highest BCUT2D eigenvalue weighted by Gasteiger charge is 2.19. The van der Waals surface area contributed by atoms with Gasteiger partial charge >= 0.3 is 0 Å². The van der Waals surface area contributed by atoms with Gasteiger partial charge in [0.25, 0.3) is 0 Å². The van der Waals surface area contributed by atoms with Gasteiger partial charge in [0.15, 0.2) is 0 Å². The van der Waals surface area contributed by atoms with Crippen LogP contribution in [0.25, 0.3) is 0 Å². The Hall–Kier alpha value is -1.34. The Labute approximate surface area is 122 Å². The summed E-state index contributed by atoms with van der Waals surface area (Å²) in [5.74, 6) is 0. The summed E-state index contributed by atoms with van der Waals surface area (Å²) < 4.78 is 31.9. The van der Waals surface area contributed by atoms with Crippen LogP contribution in [0.15, 0.2) is 40.0 Å². The van der Waals surface area contributed by atoms with Crippen molar-refractivity contribution in [2.45, 2.75) is 25.0 Å². The Morgan fingerprint density at radius 1 is 1.40 bits per heavy atom. The van der Waals surface area contributed by atoms with Gasteiger partial charge in [0.2, 0.25) is 10.0 Å². The fourth-order valence-electron chi connectivity index (χ4n) is 1.80. The van der Waals surface area contributed by atoms with Crippen LogP contribution < -0.4 is 4.72 Å². The average molecular weight is 316 g/mol. The van der Waals surface area contributed by atoms with Gasteiger partial charge < -0.3 is 9.52 Å². The van der Waals surface area contributed by atoms with Crippen LogP contribution in [-0.4, -0.2) is 13.5 Å². The van der Waals surface area contributed by atoms with Crippen molar-refractivity contribution < 1.29 is 17.9 Å². The van der Waals surface area contributed by atoms with Crippen LogP contribution >= 0.6 is 11.6 Å². The molecule has 20 heavy (non-hydrogen) atoms. The van der Waals surface area contributed by atoms with E-state index in [1.54, 1.807) is 19.1 Å². The van der Waals surface area contributed by atoms with Crippen molar-refractivity contribution >= 4 is 21.6 Å². The Morgan fingerprint density at radius 3 is 2.75 bits per heavy atom. The average Bonchev–Trinajstić information content (AvgIpc) is 2.92. The van der Waals surface area contributed by atoms with Gasteiger partial charge in [-0.1, -0.05) is 11.6 Å². The van der Waals surface area contributed by atoms with E-state index >= 15 is 0 Å². The Bertz CT molecular complexity index is 695. The molecule has 0 amide bonds. The number of benzene rings is 1. The summed E-state index contributed by atoms with van der Waals surface area (Å²) in [5, 5.41) is 9.49. The highest BCUT2D eigenvalue weighted by atomic mass is 35.5. The molecule has 2 N–H and O–H groups in total. The third-order valence-corrected chi connectivity index (χ3v) is 4.68.